The maximum atomic E-state index is 7.47. The van der Waals surface area contributed by atoms with E-state index in [1.165, 1.54) is 0 Å². The normalized spacial score (nSPS) is 14.8. The van der Waals surface area contributed by atoms with E-state index in [9.17, 15) is 0 Å². The van der Waals surface area contributed by atoms with Gasteiger partial charge in [-0.1, -0.05) is 6.07 Å². The van der Waals surface area contributed by atoms with Crippen molar-refractivity contribution in [2.24, 2.45) is 5.73 Å². The minimum Gasteiger partial charge on any atom is -0.493 e. The van der Waals surface area contributed by atoms with E-state index in [0.29, 0.717) is 17.2 Å². The molecule has 0 aromatic heterocycles. The maximum absolute atomic E-state index is 7.47. The van der Waals surface area contributed by atoms with E-state index in [1.54, 1.807) is 21.3 Å². The molecule has 2 rings (SSSR count). The Bertz CT molecular complexity index is 534. The Labute approximate surface area is 143 Å². The van der Waals surface area contributed by atoms with Gasteiger partial charge in [-0.2, -0.15) is 0 Å². The summed E-state index contributed by atoms with van der Waals surface area (Å²) < 4.78 is 16.2. The van der Waals surface area contributed by atoms with Crippen molar-refractivity contribution in [3.8, 4) is 17.2 Å². The second-order valence-corrected chi connectivity index (χ2v) is 5.14. The molecule has 1 fully saturated rings. The van der Waals surface area contributed by atoms with Crippen LogP contribution in [0.1, 0.15) is 5.56 Å². The Morgan fingerprint density at radius 2 is 1.65 bits per heavy atom. The minimum absolute atomic E-state index is 0. The van der Waals surface area contributed by atoms with Gasteiger partial charge in [0, 0.05) is 38.3 Å². The van der Waals surface area contributed by atoms with Crippen molar-refractivity contribution in [3.05, 3.63) is 17.7 Å². The van der Waals surface area contributed by atoms with Crippen LogP contribution in [-0.4, -0.2) is 63.3 Å². The first kappa shape index (κ1) is 19.2. The third kappa shape index (κ3) is 4.33. The number of nitrogens with zero attached hydrogens (tertiary/aromatic N) is 2. The molecule has 3 N–H and O–H groups in total. The molecular formula is C15H25ClN4O3. The predicted octanol–water partition coefficient (Wildman–Crippen LogP) is 1.15. The number of benzene rings is 1. The van der Waals surface area contributed by atoms with Gasteiger partial charge in [-0.15, -0.1) is 12.4 Å². The third-order valence-corrected chi connectivity index (χ3v) is 3.89. The van der Waals surface area contributed by atoms with E-state index >= 15 is 0 Å². The summed E-state index contributed by atoms with van der Waals surface area (Å²) in [7, 11) is 4.85. The molecule has 130 valence electrons. The lowest BCUT2D eigenvalue weighted by Crippen LogP contribution is -2.50. The first-order valence-electron chi connectivity index (χ1n) is 7.19. The molecule has 1 aromatic rings. The van der Waals surface area contributed by atoms with Gasteiger partial charge in [0.05, 0.1) is 21.3 Å². The molecule has 8 heteroatoms. The summed E-state index contributed by atoms with van der Waals surface area (Å²) in [4.78, 5) is 4.19. The van der Waals surface area contributed by atoms with Gasteiger partial charge >= 0.3 is 0 Å². The number of hydrogen-bond donors (Lipinski definition) is 2. The van der Waals surface area contributed by atoms with Gasteiger partial charge in [-0.05, 0) is 6.07 Å². The lowest BCUT2D eigenvalue weighted by atomic mass is 10.1. The van der Waals surface area contributed by atoms with Crippen molar-refractivity contribution in [1.29, 1.82) is 5.41 Å². The van der Waals surface area contributed by atoms with Crippen LogP contribution in [0.3, 0.4) is 0 Å². The van der Waals surface area contributed by atoms with E-state index in [0.717, 1.165) is 38.3 Å². The first-order valence-corrected chi connectivity index (χ1v) is 7.19. The largest absolute Gasteiger partial charge is 0.493 e. The van der Waals surface area contributed by atoms with Crippen LogP contribution in [-0.2, 0) is 6.54 Å². The van der Waals surface area contributed by atoms with Crippen molar-refractivity contribution in [1.82, 2.24) is 9.80 Å². The average Bonchev–Trinajstić information content (AvgIpc) is 2.54. The fraction of sp³-hybridized carbons (Fsp3) is 0.533. The van der Waals surface area contributed by atoms with Crippen molar-refractivity contribution >= 4 is 18.4 Å². The summed E-state index contributed by atoms with van der Waals surface area (Å²) in [6, 6.07) is 3.89. The molecular weight excluding hydrogens is 320 g/mol. The monoisotopic (exact) mass is 344 g/mol. The number of nitrogens with one attached hydrogen (secondary N) is 1. The van der Waals surface area contributed by atoms with Crippen LogP contribution in [0.2, 0.25) is 0 Å². The summed E-state index contributed by atoms with van der Waals surface area (Å²) in [5, 5.41) is 7.47. The Kier molecular flexibility index (Phi) is 7.25. The summed E-state index contributed by atoms with van der Waals surface area (Å²) in [5.74, 6) is 2.12. The van der Waals surface area contributed by atoms with E-state index in [4.69, 9.17) is 25.4 Å². The summed E-state index contributed by atoms with van der Waals surface area (Å²) in [6.07, 6.45) is 0. The fourth-order valence-corrected chi connectivity index (χ4v) is 2.68. The van der Waals surface area contributed by atoms with Crippen molar-refractivity contribution < 1.29 is 14.2 Å². The van der Waals surface area contributed by atoms with Gasteiger partial charge in [0.1, 0.15) is 0 Å². The molecule has 1 aromatic carbocycles. The van der Waals surface area contributed by atoms with E-state index < -0.39 is 0 Å². The molecule has 0 bridgehead atoms. The highest BCUT2D eigenvalue weighted by Gasteiger charge is 2.21. The molecule has 0 spiro atoms. The van der Waals surface area contributed by atoms with E-state index in [-0.39, 0.29) is 18.4 Å². The van der Waals surface area contributed by atoms with Crippen LogP contribution in [0.15, 0.2) is 12.1 Å². The Hall–Kier alpha value is -1.86. The highest BCUT2D eigenvalue weighted by molar-refractivity contribution is 5.85. The van der Waals surface area contributed by atoms with Crippen molar-refractivity contribution in [3.63, 3.8) is 0 Å². The van der Waals surface area contributed by atoms with Crippen LogP contribution < -0.4 is 19.9 Å². The van der Waals surface area contributed by atoms with E-state index in [1.807, 2.05) is 17.0 Å². The van der Waals surface area contributed by atoms with Crippen LogP contribution in [0.4, 0.5) is 0 Å². The van der Waals surface area contributed by atoms with Crippen molar-refractivity contribution in [2.75, 3.05) is 47.5 Å². The standard InChI is InChI=1S/C15H24N4O3.ClH/c1-20-12-5-4-11(13(21-2)14(12)22-3)10-18-6-8-19(9-7-18)15(16)17;/h4-5H,6-10H2,1-3H3,(H3,16,17);1H. The van der Waals surface area contributed by atoms with Gasteiger partial charge in [0.2, 0.25) is 5.75 Å². The lowest BCUT2D eigenvalue weighted by molar-refractivity contribution is 0.172. The Balaban J connectivity index is 0.00000264. The number of nitrogens with two attached hydrogens (primary N) is 1. The van der Waals surface area contributed by atoms with Crippen LogP contribution in [0.25, 0.3) is 0 Å². The van der Waals surface area contributed by atoms with Gasteiger partial charge in [-0.25, -0.2) is 0 Å². The quantitative estimate of drug-likeness (QED) is 0.615. The molecule has 0 radical (unpaired) electrons. The smallest absolute Gasteiger partial charge is 0.203 e. The molecule has 0 unspecified atom stereocenters. The van der Waals surface area contributed by atoms with E-state index in [2.05, 4.69) is 4.90 Å². The van der Waals surface area contributed by atoms with Gasteiger partial charge < -0.3 is 24.8 Å². The van der Waals surface area contributed by atoms with Gasteiger partial charge in [0.15, 0.2) is 17.5 Å². The third-order valence-electron chi connectivity index (χ3n) is 3.89. The topological polar surface area (TPSA) is 84.0 Å². The molecule has 23 heavy (non-hydrogen) atoms. The summed E-state index contributed by atoms with van der Waals surface area (Å²) in [5.41, 5.74) is 6.57. The van der Waals surface area contributed by atoms with Crippen molar-refractivity contribution in [2.45, 2.75) is 6.54 Å². The highest BCUT2D eigenvalue weighted by atomic mass is 35.5. The average molecular weight is 345 g/mol. The number of hydrogen-bond acceptors (Lipinski definition) is 5. The molecule has 0 atom stereocenters. The lowest BCUT2D eigenvalue weighted by Gasteiger charge is -2.35. The molecule has 1 aliphatic rings. The number of halogens is 1. The predicted molar refractivity (Wildman–Crippen MR) is 92.1 cm³/mol. The zero-order valence-electron chi connectivity index (χ0n) is 13.8. The number of ether oxygens (including phenoxy) is 3. The molecule has 0 aliphatic carbocycles. The maximum Gasteiger partial charge on any atom is 0.203 e. The second kappa shape index (κ2) is 8.69. The second-order valence-electron chi connectivity index (χ2n) is 5.14. The zero-order chi connectivity index (χ0) is 16.1. The number of guanidine groups is 1. The minimum atomic E-state index is 0. The molecule has 0 saturated carbocycles. The van der Waals surface area contributed by atoms with Crippen LogP contribution in [0, 0.1) is 5.41 Å². The number of piperazine rings is 1. The zero-order valence-corrected chi connectivity index (χ0v) is 14.6. The van der Waals surface area contributed by atoms with Gasteiger partial charge in [-0.3, -0.25) is 10.3 Å². The highest BCUT2D eigenvalue weighted by Crippen LogP contribution is 2.40. The summed E-state index contributed by atoms with van der Waals surface area (Å²) in [6.45, 7) is 4.01. The number of rotatable bonds is 5. The SMILES string of the molecule is COc1ccc(CN2CCN(C(=N)N)CC2)c(OC)c1OC.Cl. The number of methoxy groups -OCH3 is 3. The summed E-state index contributed by atoms with van der Waals surface area (Å²) >= 11 is 0. The molecule has 0 amide bonds. The van der Waals surface area contributed by atoms with Crippen LogP contribution in [0.5, 0.6) is 17.2 Å². The molecule has 1 aliphatic heterocycles. The Morgan fingerprint density at radius 1 is 1.04 bits per heavy atom. The van der Waals surface area contributed by atoms with Gasteiger partial charge in [0.25, 0.3) is 0 Å². The first-order chi connectivity index (χ1) is 10.6. The molecule has 7 nitrogen and oxygen atoms in total. The molecule has 1 heterocycles. The van der Waals surface area contributed by atoms with Crippen LogP contribution >= 0.6 is 12.4 Å². The fourth-order valence-electron chi connectivity index (χ4n) is 2.68. The Morgan fingerprint density at radius 3 is 2.13 bits per heavy atom. The molecule has 1 saturated heterocycles.